The van der Waals surface area contributed by atoms with Gasteiger partial charge < -0.3 is 9.13 Å². The second kappa shape index (κ2) is 11.1. The molecule has 0 bridgehead atoms. The molecular formula is C59H39BN2. The average Bonchev–Trinajstić information content (AvgIpc) is 3.91. The Morgan fingerprint density at radius 2 is 1.05 bits per heavy atom. The zero-order valence-electron chi connectivity index (χ0n) is 35.1. The van der Waals surface area contributed by atoms with Gasteiger partial charge in [-0.2, -0.15) is 0 Å². The minimum atomic E-state index is -0.499. The second-order valence-corrected chi connectivity index (χ2v) is 18.7. The van der Waals surface area contributed by atoms with Crippen molar-refractivity contribution in [2.45, 2.75) is 33.1 Å². The summed E-state index contributed by atoms with van der Waals surface area (Å²) in [4.78, 5) is 0. The van der Waals surface area contributed by atoms with Gasteiger partial charge in [-0.1, -0.05) is 162 Å². The van der Waals surface area contributed by atoms with Crippen LogP contribution in [0.1, 0.15) is 44.5 Å². The monoisotopic (exact) mass is 786 g/mol. The molecule has 0 fully saturated rings. The van der Waals surface area contributed by atoms with Gasteiger partial charge in [-0.15, -0.1) is 0 Å². The maximum Gasteiger partial charge on any atom is 0.253 e. The predicted octanol–water partition coefficient (Wildman–Crippen LogP) is 12.3. The number of rotatable bonds is 2. The van der Waals surface area contributed by atoms with Crippen LogP contribution in [0.15, 0.2) is 164 Å². The first kappa shape index (κ1) is 33.4. The smallest absolute Gasteiger partial charge is 0.253 e. The molecule has 1 spiro atoms. The minimum Gasteiger partial charge on any atom is -0.310 e. The van der Waals surface area contributed by atoms with Crippen LogP contribution in [0.25, 0.3) is 88.4 Å². The highest BCUT2D eigenvalue weighted by Gasteiger charge is 2.54. The summed E-state index contributed by atoms with van der Waals surface area (Å²) < 4.78 is 5.42. The van der Waals surface area contributed by atoms with E-state index in [0.717, 1.165) is 0 Å². The van der Waals surface area contributed by atoms with Crippen molar-refractivity contribution >= 4 is 66.6 Å². The molecule has 15 rings (SSSR count). The Bertz CT molecular complexity index is 3850. The molecule has 62 heavy (non-hydrogen) atoms. The molecular weight excluding hydrogens is 747 g/mol. The fraction of sp³-hybridized carbons (Fsp3) is 0.0847. The number of aryl methyl sites for hydroxylation is 4. The second-order valence-electron chi connectivity index (χ2n) is 18.7. The van der Waals surface area contributed by atoms with Gasteiger partial charge in [-0.05, 0) is 124 Å². The SMILES string of the molecule is Cc1ccc(-c2c(-c3ccc(C)cc3)n3c4c(c5ccccc5cc24)B2c4c-3ccc3c4-n4c5c2cc(C)cc5c2cc(C)cc(c24)C32c3ccccc3-c3ccccc32)cc1. The topological polar surface area (TPSA) is 9.86 Å². The number of aromatic nitrogens is 2. The number of hydrogen-bond acceptors (Lipinski definition) is 0. The van der Waals surface area contributed by atoms with Crippen LogP contribution in [0, 0.1) is 27.7 Å². The lowest BCUT2D eigenvalue weighted by molar-refractivity contribution is 0.748. The van der Waals surface area contributed by atoms with Crippen LogP contribution in [0.4, 0.5) is 0 Å². The zero-order chi connectivity index (χ0) is 40.9. The third-order valence-corrected chi connectivity index (χ3v) is 15.3. The average molecular weight is 787 g/mol. The first-order chi connectivity index (χ1) is 30.4. The van der Waals surface area contributed by atoms with Crippen LogP contribution in [0.3, 0.4) is 0 Å². The van der Waals surface area contributed by atoms with Gasteiger partial charge >= 0.3 is 0 Å². The van der Waals surface area contributed by atoms with E-state index in [1.54, 1.807) is 0 Å². The van der Waals surface area contributed by atoms with Crippen molar-refractivity contribution in [3.05, 3.63) is 208 Å². The molecule has 0 N–H and O–H groups in total. The lowest BCUT2D eigenvalue weighted by Gasteiger charge is -2.44. The Labute approximate surface area is 360 Å². The number of fused-ring (bicyclic) bond motifs is 13. The quantitative estimate of drug-likeness (QED) is 0.155. The van der Waals surface area contributed by atoms with E-state index in [1.807, 2.05) is 0 Å². The molecule has 9 aromatic carbocycles. The van der Waals surface area contributed by atoms with Gasteiger partial charge in [-0.25, -0.2) is 0 Å². The first-order valence-corrected chi connectivity index (χ1v) is 22.1. The first-order valence-electron chi connectivity index (χ1n) is 22.1. The van der Waals surface area contributed by atoms with E-state index in [9.17, 15) is 0 Å². The Kier molecular flexibility index (Phi) is 5.98. The molecule has 0 radical (unpaired) electrons. The summed E-state index contributed by atoms with van der Waals surface area (Å²) in [7, 11) is 0. The van der Waals surface area contributed by atoms with Crippen LogP contribution in [-0.4, -0.2) is 15.8 Å². The summed E-state index contributed by atoms with van der Waals surface area (Å²) in [6, 6.07) is 63.7. The van der Waals surface area contributed by atoms with Crippen molar-refractivity contribution in [1.82, 2.24) is 9.13 Å². The largest absolute Gasteiger partial charge is 0.310 e. The summed E-state index contributed by atoms with van der Waals surface area (Å²) in [6.07, 6.45) is 0. The molecule has 0 saturated carbocycles. The third kappa shape index (κ3) is 3.71. The number of benzene rings is 9. The summed E-state index contributed by atoms with van der Waals surface area (Å²) in [5.74, 6) is 0. The fourth-order valence-corrected chi connectivity index (χ4v) is 13.0. The van der Waals surface area contributed by atoms with Crippen molar-refractivity contribution < 1.29 is 0 Å². The summed E-state index contributed by atoms with van der Waals surface area (Å²) in [5, 5.41) is 6.64. The minimum absolute atomic E-state index is 0.0125. The molecule has 3 aliphatic heterocycles. The summed E-state index contributed by atoms with van der Waals surface area (Å²) >= 11 is 0. The van der Waals surface area contributed by atoms with E-state index in [4.69, 9.17) is 0 Å². The van der Waals surface area contributed by atoms with E-state index >= 15 is 0 Å². The standard InChI is InChI=1S/C59H39BN2/c1-32-17-21-36(22-18-32)51-44-31-38-11-5-6-12-39(38)52-57(44)61(54(51)37-23-19-33(2)20-24-37)50-26-25-47-58-53(50)60(52)49-30-35(4)28-43-42-27-34(3)29-48(55(42)62(58)56(43)49)59(47)45-15-9-7-13-40(45)41-14-8-10-16-46(41)59/h5-31H,1-4H3. The summed E-state index contributed by atoms with van der Waals surface area (Å²) in [6.45, 7) is 9.00. The Balaban J connectivity index is 1.22. The van der Waals surface area contributed by atoms with E-state index in [1.165, 1.54) is 149 Å². The molecule has 1 aliphatic carbocycles. The molecule has 288 valence electrons. The molecule has 2 nitrogen and oxygen atoms in total. The van der Waals surface area contributed by atoms with Gasteiger partial charge in [-0.3, -0.25) is 0 Å². The molecule has 5 heterocycles. The van der Waals surface area contributed by atoms with E-state index in [2.05, 4.69) is 201 Å². The maximum absolute atomic E-state index is 2.73. The van der Waals surface area contributed by atoms with Crippen LogP contribution in [0.2, 0.25) is 0 Å². The van der Waals surface area contributed by atoms with Crippen molar-refractivity contribution in [1.29, 1.82) is 0 Å². The normalized spacial score (nSPS) is 14.2. The highest BCUT2D eigenvalue weighted by Crippen LogP contribution is 2.62. The molecule has 0 saturated heterocycles. The molecule has 11 aromatic rings. The lowest BCUT2D eigenvalue weighted by atomic mass is 9.33. The van der Waals surface area contributed by atoms with Gasteiger partial charge in [0.05, 0.1) is 22.1 Å². The van der Waals surface area contributed by atoms with Gasteiger partial charge in [0.15, 0.2) is 0 Å². The van der Waals surface area contributed by atoms with Crippen molar-refractivity contribution in [2.75, 3.05) is 0 Å². The maximum atomic E-state index is 2.73. The van der Waals surface area contributed by atoms with Crippen LogP contribution >= 0.6 is 0 Å². The Morgan fingerprint density at radius 1 is 0.419 bits per heavy atom. The number of nitrogens with zero attached hydrogens (tertiary/aromatic N) is 2. The van der Waals surface area contributed by atoms with E-state index < -0.39 is 5.41 Å². The third-order valence-electron chi connectivity index (χ3n) is 15.3. The van der Waals surface area contributed by atoms with Crippen LogP contribution in [0.5, 0.6) is 0 Å². The van der Waals surface area contributed by atoms with Crippen molar-refractivity contribution in [3.8, 4) is 44.9 Å². The van der Waals surface area contributed by atoms with Gasteiger partial charge in [0.1, 0.15) is 0 Å². The number of hydrogen-bond donors (Lipinski definition) is 0. The molecule has 0 amide bonds. The fourth-order valence-electron chi connectivity index (χ4n) is 13.0. The predicted molar refractivity (Wildman–Crippen MR) is 260 cm³/mol. The molecule has 0 unspecified atom stereocenters. The molecule has 3 heteroatoms. The molecule has 2 aromatic heterocycles. The van der Waals surface area contributed by atoms with Gasteiger partial charge in [0.2, 0.25) is 0 Å². The Morgan fingerprint density at radius 3 is 1.77 bits per heavy atom. The lowest BCUT2D eigenvalue weighted by Crippen LogP contribution is -2.60. The van der Waals surface area contributed by atoms with Crippen molar-refractivity contribution in [3.63, 3.8) is 0 Å². The van der Waals surface area contributed by atoms with Gasteiger partial charge in [0, 0.05) is 38.6 Å². The van der Waals surface area contributed by atoms with Crippen LogP contribution < -0.4 is 16.4 Å². The Hall–Kier alpha value is -7.36. The highest BCUT2D eigenvalue weighted by molar-refractivity contribution is 7.01. The highest BCUT2D eigenvalue weighted by atomic mass is 15.1. The van der Waals surface area contributed by atoms with Crippen molar-refractivity contribution in [2.24, 2.45) is 0 Å². The summed E-state index contributed by atoms with van der Waals surface area (Å²) in [5.41, 5.74) is 28.8. The molecule has 4 aliphatic rings. The molecule has 0 atom stereocenters. The zero-order valence-corrected chi connectivity index (χ0v) is 35.1. The van der Waals surface area contributed by atoms with Gasteiger partial charge in [0.25, 0.3) is 6.71 Å². The van der Waals surface area contributed by atoms with E-state index in [0.29, 0.717) is 0 Å². The van der Waals surface area contributed by atoms with Crippen LogP contribution in [-0.2, 0) is 5.41 Å². The van der Waals surface area contributed by atoms with E-state index in [-0.39, 0.29) is 6.71 Å².